The van der Waals surface area contributed by atoms with Crippen molar-refractivity contribution in [1.29, 1.82) is 0 Å². The lowest BCUT2D eigenvalue weighted by Gasteiger charge is -2.46. The number of rotatable bonds is 10. The van der Waals surface area contributed by atoms with Crippen molar-refractivity contribution in [2.45, 2.75) is 49.2 Å². The second-order valence-corrected chi connectivity index (χ2v) is 17.6. The van der Waals surface area contributed by atoms with Crippen LogP contribution in [0.3, 0.4) is 0 Å². The highest BCUT2D eigenvalue weighted by atomic mass is 16.6. The highest BCUT2D eigenvalue weighted by Crippen LogP contribution is 2.66. The standard InChI is InChI=1S/C55H48N6O8/c1-66-45-31-37-25-27-59(33-38(37)32-46(45)67-2)52(63)47-49-53(64)69-50(36-17-7-4-8-18-36)48(35-15-5-3-6-16-35)61(49)51(39-19-9-12-22-44(39)68-29-28-62)55(47)40-30-34(23-24-41(40)56-54(55)65)14-13-26-60-43-21-11-10-20-42(43)57-58-60/h3-12,15-24,30-32,47-51,62H,25-29,33H2,1-2H3,(H,56,65). The van der Waals surface area contributed by atoms with E-state index in [1.165, 1.54) is 0 Å². The number of aliphatic hydroxyl groups excluding tert-OH is 1. The zero-order valence-corrected chi connectivity index (χ0v) is 37.9. The molecule has 6 unspecified atom stereocenters. The first-order chi connectivity index (χ1) is 33.8. The van der Waals surface area contributed by atoms with Crippen molar-refractivity contribution in [3.8, 4) is 29.1 Å². The Kier molecular flexibility index (Phi) is 11.3. The number of hydrogen-bond acceptors (Lipinski definition) is 11. The number of fused-ring (bicyclic) bond motifs is 5. The van der Waals surface area contributed by atoms with Gasteiger partial charge in [-0.1, -0.05) is 108 Å². The molecule has 0 aliphatic carbocycles. The summed E-state index contributed by atoms with van der Waals surface area (Å²) in [6.07, 6.45) is -0.359. The number of nitrogens with zero attached hydrogens (tertiary/aromatic N) is 5. The lowest BCUT2D eigenvalue weighted by atomic mass is 9.64. The number of aliphatic hydroxyl groups is 1. The fraction of sp³-hybridized carbons (Fsp3) is 0.255. The fourth-order valence-corrected chi connectivity index (χ4v) is 11.1. The molecule has 1 aromatic heterocycles. The van der Waals surface area contributed by atoms with E-state index in [9.17, 15) is 5.11 Å². The van der Waals surface area contributed by atoms with Gasteiger partial charge in [-0.2, -0.15) is 0 Å². The lowest BCUT2D eigenvalue weighted by molar-refractivity contribution is -0.179. The van der Waals surface area contributed by atoms with Crippen molar-refractivity contribution in [3.63, 3.8) is 0 Å². The molecule has 0 saturated carbocycles. The molecule has 2 fully saturated rings. The molecule has 2 amide bonds. The molecule has 6 atom stereocenters. The maximum Gasteiger partial charge on any atom is 0.324 e. The fourth-order valence-electron chi connectivity index (χ4n) is 11.1. The van der Waals surface area contributed by atoms with Gasteiger partial charge in [-0.3, -0.25) is 19.3 Å². The molecule has 69 heavy (non-hydrogen) atoms. The number of para-hydroxylation sites is 2. The van der Waals surface area contributed by atoms with Crippen LogP contribution in [0.5, 0.6) is 17.2 Å². The molecular formula is C55H48N6O8. The van der Waals surface area contributed by atoms with Gasteiger partial charge in [-0.15, -0.1) is 5.10 Å². The zero-order chi connectivity index (χ0) is 47.2. The molecule has 11 rings (SSSR count). The number of benzene rings is 6. The average molecular weight is 921 g/mol. The molecule has 5 heterocycles. The van der Waals surface area contributed by atoms with Gasteiger partial charge in [0.05, 0.1) is 44.3 Å². The molecule has 4 aliphatic rings. The van der Waals surface area contributed by atoms with Crippen molar-refractivity contribution in [3.05, 3.63) is 178 Å². The third-order valence-electron chi connectivity index (χ3n) is 14.0. The second kappa shape index (κ2) is 17.9. The van der Waals surface area contributed by atoms with Gasteiger partial charge in [0.15, 0.2) is 11.5 Å². The number of aromatic nitrogens is 3. The van der Waals surface area contributed by atoms with Crippen molar-refractivity contribution >= 4 is 34.5 Å². The Morgan fingerprint density at radius 3 is 2.30 bits per heavy atom. The van der Waals surface area contributed by atoms with Gasteiger partial charge >= 0.3 is 5.97 Å². The first-order valence-electron chi connectivity index (χ1n) is 23.0. The van der Waals surface area contributed by atoms with Crippen LogP contribution in [0.2, 0.25) is 0 Å². The molecule has 7 aromatic rings. The third kappa shape index (κ3) is 7.24. The summed E-state index contributed by atoms with van der Waals surface area (Å²) in [6, 6.07) is 40.7. The number of esters is 1. The summed E-state index contributed by atoms with van der Waals surface area (Å²) in [5.41, 5.74) is 5.40. The predicted octanol–water partition coefficient (Wildman–Crippen LogP) is 6.73. The number of hydrogen-bond donors (Lipinski definition) is 2. The quantitative estimate of drug-likeness (QED) is 0.111. The summed E-state index contributed by atoms with van der Waals surface area (Å²) < 4.78 is 26.1. The van der Waals surface area contributed by atoms with E-state index in [0.717, 1.165) is 33.3 Å². The van der Waals surface area contributed by atoms with E-state index in [4.69, 9.17) is 18.9 Å². The number of nitrogens with one attached hydrogen (secondary N) is 1. The van der Waals surface area contributed by atoms with Crippen LogP contribution in [0.4, 0.5) is 5.69 Å². The molecule has 2 saturated heterocycles. The maximum absolute atomic E-state index is 16.3. The summed E-state index contributed by atoms with van der Waals surface area (Å²) >= 11 is 0. The number of carbonyl (C=O) groups is 3. The molecule has 0 radical (unpaired) electrons. The van der Waals surface area contributed by atoms with Crippen LogP contribution in [0.15, 0.2) is 140 Å². The molecule has 14 nitrogen and oxygen atoms in total. The summed E-state index contributed by atoms with van der Waals surface area (Å²) in [5.74, 6) is 5.27. The SMILES string of the molecule is COc1cc2c(cc1OC)CN(C(=O)C1C3C(=O)OC(c4ccccc4)C(c4ccccc4)N3C(c3ccccc3OCCO)C13C(=O)Nc1ccc(C#CCn4nnc5ccccc54)cc13)CC2. The van der Waals surface area contributed by atoms with Crippen molar-refractivity contribution in [2.24, 2.45) is 5.92 Å². The Bertz CT molecular complexity index is 3190. The van der Waals surface area contributed by atoms with Gasteiger partial charge in [0, 0.05) is 29.9 Å². The monoisotopic (exact) mass is 920 g/mol. The second-order valence-electron chi connectivity index (χ2n) is 17.6. The summed E-state index contributed by atoms with van der Waals surface area (Å²) in [6.45, 7) is 0.436. The maximum atomic E-state index is 16.3. The minimum atomic E-state index is -1.79. The number of carbonyl (C=O) groups excluding carboxylic acids is 3. The molecule has 2 N–H and O–H groups in total. The minimum Gasteiger partial charge on any atom is -0.493 e. The van der Waals surface area contributed by atoms with Gasteiger partial charge in [0.25, 0.3) is 0 Å². The van der Waals surface area contributed by atoms with Crippen LogP contribution in [-0.2, 0) is 44.0 Å². The summed E-state index contributed by atoms with van der Waals surface area (Å²) in [7, 11) is 3.16. The van der Waals surface area contributed by atoms with Crippen LogP contribution in [0.1, 0.15) is 57.1 Å². The Morgan fingerprint density at radius 1 is 0.826 bits per heavy atom. The van der Waals surface area contributed by atoms with Gasteiger partial charge < -0.3 is 34.3 Å². The van der Waals surface area contributed by atoms with E-state index in [2.05, 4.69) is 32.4 Å². The lowest BCUT2D eigenvalue weighted by Crippen LogP contribution is -2.56. The van der Waals surface area contributed by atoms with E-state index < -0.39 is 47.4 Å². The topological polar surface area (TPSA) is 158 Å². The minimum absolute atomic E-state index is 0.0374. The highest BCUT2D eigenvalue weighted by molar-refractivity contribution is 6.12. The highest BCUT2D eigenvalue weighted by Gasteiger charge is 2.74. The van der Waals surface area contributed by atoms with Crippen LogP contribution in [0, 0.1) is 17.8 Å². The largest absolute Gasteiger partial charge is 0.493 e. The normalized spacial score (nSPS) is 22.5. The van der Waals surface area contributed by atoms with E-state index in [0.29, 0.717) is 52.6 Å². The van der Waals surface area contributed by atoms with Crippen LogP contribution in [0.25, 0.3) is 11.0 Å². The van der Waals surface area contributed by atoms with Crippen molar-refractivity contribution in [1.82, 2.24) is 24.8 Å². The Hall–Kier alpha value is -7.99. The molecule has 14 heteroatoms. The number of cyclic esters (lactones) is 1. The first kappa shape index (κ1) is 43.6. The number of methoxy groups -OCH3 is 2. The molecule has 1 spiro atoms. The molecule has 0 bridgehead atoms. The number of morpholine rings is 1. The molecule has 6 aromatic carbocycles. The van der Waals surface area contributed by atoms with Crippen molar-refractivity contribution in [2.75, 3.05) is 39.3 Å². The number of anilines is 1. The first-order valence-corrected chi connectivity index (χ1v) is 23.0. The smallest absolute Gasteiger partial charge is 0.324 e. The third-order valence-corrected chi connectivity index (χ3v) is 14.0. The molecular weight excluding hydrogens is 873 g/mol. The van der Waals surface area contributed by atoms with E-state index in [-0.39, 0.29) is 32.2 Å². The van der Waals surface area contributed by atoms with Gasteiger partial charge in [0.2, 0.25) is 11.8 Å². The Labute approximate surface area is 398 Å². The zero-order valence-electron chi connectivity index (χ0n) is 37.9. The number of amides is 2. The van der Waals surface area contributed by atoms with Crippen LogP contribution < -0.4 is 19.5 Å². The van der Waals surface area contributed by atoms with Gasteiger partial charge in [-0.25, -0.2) is 4.68 Å². The van der Waals surface area contributed by atoms with Gasteiger partial charge in [0.1, 0.15) is 42.0 Å². The molecule has 4 aliphatic heterocycles. The van der Waals surface area contributed by atoms with Crippen molar-refractivity contribution < 1.29 is 38.4 Å². The van der Waals surface area contributed by atoms with Crippen LogP contribution >= 0.6 is 0 Å². The average Bonchev–Trinajstić information content (AvgIpc) is 4.05. The van der Waals surface area contributed by atoms with E-state index in [1.807, 2.05) is 133 Å². The summed E-state index contributed by atoms with van der Waals surface area (Å²) in [4.78, 5) is 51.5. The van der Waals surface area contributed by atoms with Gasteiger partial charge in [-0.05, 0) is 82.8 Å². The van der Waals surface area contributed by atoms with Crippen LogP contribution in [-0.4, -0.2) is 87.7 Å². The van der Waals surface area contributed by atoms with E-state index in [1.54, 1.807) is 29.9 Å². The Morgan fingerprint density at radius 2 is 1.54 bits per heavy atom. The number of ether oxygens (including phenoxy) is 4. The van der Waals surface area contributed by atoms with E-state index >= 15 is 14.4 Å². The molecule has 346 valence electrons. The predicted molar refractivity (Wildman–Crippen MR) is 255 cm³/mol. The Balaban J connectivity index is 1.14. The summed E-state index contributed by atoms with van der Waals surface area (Å²) in [5, 5.41) is 21.9.